The summed E-state index contributed by atoms with van der Waals surface area (Å²) in [5.41, 5.74) is 3.48. The van der Waals surface area contributed by atoms with Crippen LogP contribution in [-0.2, 0) is 19.5 Å². The zero-order chi connectivity index (χ0) is 23.3. The number of alkyl halides is 2. The molecule has 1 aliphatic heterocycles. The number of nitrogens with one attached hydrogen (secondary N) is 1. The van der Waals surface area contributed by atoms with E-state index in [0.717, 1.165) is 16.7 Å². The molecule has 0 atom stereocenters. The van der Waals surface area contributed by atoms with Crippen LogP contribution < -0.4 is 10.1 Å². The van der Waals surface area contributed by atoms with Crippen LogP contribution in [0.2, 0.25) is 5.15 Å². The number of aromatic nitrogens is 2. The lowest BCUT2D eigenvalue weighted by atomic mass is 9.96. The Bertz CT molecular complexity index is 1080. The molecule has 0 amide bonds. The number of aliphatic hydroxyl groups is 1. The van der Waals surface area contributed by atoms with E-state index in [1.165, 1.54) is 6.07 Å². The van der Waals surface area contributed by atoms with Crippen LogP contribution >= 0.6 is 11.6 Å². The number of pyridine rings is 2. The summed E-state index contributed by atoms with van der Waals surface area (Å²) in [6.07, 6.45) is 0.617. The first-order valence-electron chi connectivity index (χ1n) is 9.80. The molecule has 3 heterocycles. The van der Waals surface area contributed by atoms with Crippen molar-refractivity contribution in [3.05, 3.63) is 45.2 Å². The highest BCUT2D eigenvalue weighted by molar-refractivity contribution is 6.30. The van der Waals surface area contributed by atoms with Crippen molar-refractivity contribution in [2.75, 3.05) is 31.6 Å². The van der Waals surface area contributed by atoms with Crippen molar-refractivity contribution < 1.29 is 18.6 Å². The zero-order valence-corrected chi connectivity index (χ0v) is 18.1. The van der Waals surface area contributed by atoms with Gasteiger partial charge >= 0.3 is 5.92 Å². The maximum Gasteiger partial charge on any atom is 0.303 e. The molecule has 32 heavy (non-hydrogen) atoms. The average Bonchev–Trinajstić information content (AvgIpc) is 2.77. The van der Waals surface area contributed by atoms with E-state index in [-0.39, 0.29) is 17.6 Å². The van der Waals surface area contributed by atoms with Crippen LogP contribution in [0.1, 0.15) is 27.9 Å². The van der Waals surface area contributed by atoms with Crippen LogP contribution in [0, 0.1) is 29.6 Å². The van der Waals surface area contributed by atoms with Gasteiger partial charge in [0.15, 0.2) is 6.61 Å². The second-order valence-electron chi connectivity index (χ2n) is 7.36. The Morgan fingerprint density at radius 3 is 2.75 bits per heavy atom. The first kappa shape index (κ1) is 23.6. The number of nitriles is 2. The molecule has 2 N–H and O–H groups in total. The number of fused-ring (bicyclic) bond motifs is 1. The largest absolute Gasteiger partial charge is 0.471 e. The van der Waals surface area contributed by atoms with Crippen molar-refractivity contribution >= 4 is 17.4 Å². The number of aryl methyl sites for hydroxylation is 1. The summed E-state index contributed by atoms with van der Waals surface area (Å²) in [5.74, 6) is -2.75. The van der Waals surface area contributed by atoms with Crippen molar-refractivity contribution in [3.63, 3.8) is 0 Å². The van der Waals surface area contributed by atoms with Gasteiger partial charge < -0.3 is 15.2 Å². The minimum Gasteiger partial charge on any atom is -0.471 e. The maximum atomic E-state index is 13.2. The number of anilines is 1. The van der Waals surface area contributed by atoms with E-state index < -0.39 is 19.1 Å². The second-order valence-corrected chi connectivity index (χ2v) is 7.72. The Balaban J connectivity index is 1.76. The maximum absolute atomic E-state index is 13.2. The van der Waals surface area contributed by atoms with Crippen molar-refractivity contribution in [1.29, 1.82) is 10.5 Å². The van der Waals surface area contributed by atoms with Crippen molar-refractivity contribution in [3.8, 4) is 18.0 Å². The molecule has 2 aromatic rings. The van der Waals surface area contributed by atoms with Gasteiger partial charge in [-0.15, -0.1) is 0 Å². The summed E-state index contributed by atoms with van der Waals surface area (Å²) in [6.45, 7) is 1.26. The predicted octanol–water partition coefficient (Wildman–Crippen LogP) is 2.81. The molecule has 0 aliphatic carbocycles. The SMILES string of the molecule is Cc1nc(OCC(F)(F)CO)ccc1CN1CCc2c(NCC#N)nc(Cl)c(C#N)c2C1. The van der Waals surface area contributed by atoms with Crippen molar-refractivity contribution in [1.82, 2.24) is 14.9 Å². The van der Waals surface area contributed by atoms with E-state index in [1.54, 1.807) is 13.0 Å². The lowest BCUT2D eigenvalue weighted by Gasteiger charge is -2.31. The number of ether oxygens (including phenoxy) is 1. The Hall–Kier alpha value is -3.05. The number of hydrogen-bond donors (Lipinski definition) is 2. The Labute approximate surface area is 189 Å². The summed E-state index contributed by atoms with van der Waals surface area (Å²) in [6, 6.07) is 7.39. The molecule has 11 heteroatoms. The summed E-state index contributed by atoms with van der Waals surface area (Å²) in [7, 11) is 0. The van der Waals surface area contributed by atoms with Crippen LogP contribution in [0.25, 0.3) is 0 Å². The molecular weight excluding hydrogens is 442 g/mol. The third-order valence-electron chi connectivity index (χ3n) is 5.10. The molecule has 8 nitrogen and oxygen atoms in total. The van der Waals surface area contributed by atoms with Gasteiger partial charge in [0.25, 0.3) is 0 Å². The molecule has 168 valence electrons. The fourth-order valence-corrected chi connectivity index (χ4v) is 3.70. The van der Waals surface area contributed by atoms with E-state index in [0.29, 0.717) is 43.1 Å². The Morgan fingerprint density at radius 1 is 1.31 bits per heavy atom. The molecule has 3 rings (SSSR count). The number of halogens is 3. The minimum atomic E-state index is -3.33. The number of nitrogens with zero attached hydrogens (tertiary/aromatic N) is 5. The van der Waals surface area contributed by atoms with Gasteiger partial charge in [0.1, 0.15) is 30.2 Å². The summed E-state index contributed by atoms with van der Waals surface area (Å²) >= 11 is 6.20. The second kappa shape index (κ2) is 10.0. The highest BCUT2D eigenvalue weighted by atomic mass is 35.5. The first-order chi connectivity index (χ1) is 15.3. The third-order valence-corrected chi connectivity index (χ3v) is 5.37. The number of rotatable bonds is 8. The van der Waals surface area contributed by atoms with E-state index in [9.17, 15) is 14.0 Å². The Morgan fingerprint density at radius 2 is 2.09 bits per heavy atom. The summed E-state index contributed by atoms with van der Waals surface area (Å²) < 4.78 is 31.3. The molecule has 0 fully saturated rings. The molecule has 0 spiro atoms. The van der Waals surface area contributed by atoms with Crippen LogP contribution in [0.15, 0.2) is 12.1 Å². The summed E-state index contributed by atoms with van der Waals surface area (Å²) in [5, 5.41) is 30.1. The topological polar surface area (TPSA) is 118 Å². The minimum absolute atomic E-state index is 0.0567. The normalized spacial score (nSPS) is 13.7. The van der Waals surface area contributed by atoms with Gasteiger partial charge in [-0.3, -0.25) is 4.90 Å². The quantitative estimate of drug-likeness (QED) is 0.454. The Kier molecular flexibility index (Phi) is 7.41. The lowest BCUT2D eigenvalue weighted by molar-refractivity contribution is -0.0809. The van der Waals surface area contributed by atoms with Crippen LogP contribution in [-0.4, -0.2) is 52.2 Å². The van der Waals surface area contributed by atoms with Crippen molar-refractivity contribution in [2.24, 2.45) is 0 Å². The van der Waals surface area contributed by atoms with Crippen LogP contribution in [0.5, 0.6) is 5.88 Å². The van der Waals surface area contributed by atoms with E-state index in [1.807, 2.05) is 6.07 Å². The van der Waals surface area contributed by atoms with Crippen molar-refractivity contribution in [2.45, 2.75) is 32.4 Å². The molecule has 1 aliphatic rings. The summed E-state index contributed by atoms with van der Waals surface area (Å²) in [4.78, 5) is 10.6. The predicted molar refractivity (Wildman–Crippen MR) is 112 cm³/mol. The smallest absolute Gasteiger partial charge is 0.303 e. The van der Waals surface area contributed by atoms with Gasteiger partial charge in [0, 0.05) is 37.0 Å². The number of hydrogen-bond acceptors (Lipinski definition) is 8. The average molecular weight is 463 g/mol. The van der Waals surface area contributed by atoms with Gasteiger partial charge in [0.05, 0.1) is 11.6 Å². The first-order valence-corrected chi connectivity index (χ1v) is 10.2. The highest BCUT2D eigenvalue weighted by Crippen LogP contribution is 2.32. The van der Waals surface area contributed by atoms with E-state index >= 15 is 0 Å². The van der Waals surface area contributed by atoms with Gasteiger partial charge in [0.2, 0.25) is 5.88 Å². The fraction of sp³-hybridized carbons (Fsp3) is 0.429. The molecule has 0 saturated carbocycles. The van der Waals surface area contributed by atoms with Gasteiger partial charge in [-0.2, -0.15) is 10.5 Å². The lowest BCUT2D eigenvalue weighted by Crippen LogP contribution is -2.32. The van der Waals surface area contributed by atoms with Gasteiger partial charge in [-0.1, -0.05) is 17.7 Å². The molecular formula is C21H21ClF2N6O2. The monoisotopic (exact) mass is 462 g/mol. The standard InChI is InChI=1S/C21H21ClF2N6O2/c1-13-14(2-3-18(28-13)32-12-21(23,24)11-31)9-30-7-4-15-17(10-30)16(8-26)19(22)29-20(15)27-6-5-25/h2-3,31H,4,6-7,9-12H2,1H3,(H,27,29). The van der Waals surface area contributed by atoms with E-state index in [4.69, 9.17) is 26.7 Å². The molecule has 0 radical (unpaired) electrons. The van der Waals surface area contributed by atoms with E-state index in [2.05, 4.69) is 26.3 Å². The fourth-order valence-electron chi connectivity index (χ4n) is 3.45. The third kappa shape index (κ3) is 5.40. The van der Waals surface area contributed by atoms with Crippen LogP contribution in [0.3, 0.4) is 0 Å². The molecule has 0 bridgehead atoms. The molecule has 2 aromatic heterocycles. The highest BCUT2D eigenvalue weighted by Gasteiger charge is 2.29. The van der Waals surface area contributed by atoms with Crippen LogP contribution in [0.4, 0.5) is 14.6 Å². The molecule has 0 saturated heterocycles. The molecule has 0 unspecified atom stereocenters. The van der Waals surface area contributed by atoms with Gasteiger partial charge in [-0.05, 0) is 24.5 Å². The molecule has 0 aromatic carbocycles. The number of aliphatic hydroxyl groups excluding tert-OH is 1. The zero-order valence-electron chi connectivity index (χ0n) is 17.3. The van der Waals surface area contributed by atoms with Gasteiger partial charge in [-0.25, -0.2) is 18.7 Å².